The van der Waals surface area contributed by atoms with Gasteiger partial charge in [-0.2, -0.15) is 5.10 Å². The summed E-state index contributed by atoms with van der Waals surface area (Å²) in [6.45, 7) is 5.58. The van der Waals surface area contributed by atoms with E-state index in [2.05, 4.69) is 20.5 Å². The first-order valence-corrected chi connectivity index (χ1v) is 11.5. The smallest absolute Gasteiger partial charge is 0.234 e. The number of nitrogens with one attached hydrogen (secondary N) is 3. The van der Waals surface area contributed by atoms with Gasteiger partial charge in [-0.15, -0.1) is 0 Å². The summed E-state index contributed by atoms with van der Waals surface area (Å²) in [5, 5.41) is 21.1. The van der Waals surface area contributed by atoms with Gasteiger partial charge in [0.2, 0.25) is 5.91 Å². The summed E-state index contributed by atoms with van der Waals surface area (Å²) < 4.78 is 1.70. The van der Waals surface area contributed by atoms with Crippen molar-refractivity contribution in [3.63, 3.8) is 0 Å². The summed E-state index contributed by atoms with van der Waals surface area (Å²) in [5.41, 5.74) is 4.40. The van der Waals surface area contributed by atoms with Gasteiger partial charge in [0.25, 0.3) is 0 Å². The molecule has 2 aromatic carbocycles. The van der Waals surface area contributed by atoms with E-state index in [1.165, 1.54) is 11.8 Å². The Balaban J connectivity index is 1.72. The number of amides is 1. The van der Waals surface area contributed by atoms with E-state index in [4.69, 9.17) is 28.6 Å². The Morgan fingerprint density at radius 3 is 2.56 bits per heavy atom. The second-order valence-electron chi connectivity index (χ2n) is 7.26. The van der Waals surface area contributed by atoms with E-state index < -0.39 is 0 Å². The number of halogens is 2. The molecule has 4 aromatic rings. The van der Waals surface area contributed by atoms with Crippen LogP contribution in [0.4, 0.5) is 5.69 Å². The van der Waals surface area contributed by atoms with E-state index >= 15 is 0 Å². The first-order valence-electron chi connectivity index (χ1n) is 9.73. The minimum Gasteiger partial charge on any atom is -0.325 e. The zero-order valence-corrected chi connectivity index (χ0v) is 19.9. The first-order chi connectivity index (χ1) is 15.3. The van der Waals surface area contributed by atoms with E-state index in [0.29, 0.717) is 31.9 Å². The maximum absolute atomic E-state index is 12.7. The second-order valence-corrected chi connectivity index (χ2v) is 9.02. The summed E-state index contributed by atoms with van der Waals surface area (Å²) in [7, 11) is 0. The zero-order chi connectivity index (χ0) is 23.0. The lowest BCUT2D eigenvalue weighted by atomic mass is 10.2. The predicted molar refractivity (Wildman–Crippen MR) is 129 cm³/mol. The normalized spacial score (nSPS) is 11.2. The van der Waals surface area contributed by atoms with Gasteiger partial charge in [0.15, 0.2) is 10.8 Å². The van der Waals surface area contributed by atoms with Crippen LogP contribution < -0.4 is 10.8 Å². The van der Waals surface area contributed by atoms with Crippen LogP contribution in [0.2, 0.25) is 10.0 Å². The molecular formula is C22H20Cl2N6OS. The van der Waals surface area contributed by atoms with E-state index in [1.54, 1.807) is 28.8 Å². The Morgan fingerprint density at radius 2 is 1.81 bits per heavy atom. The van der Waals surface area contributed by atoms with Gasteiger partial charge in [0.1, 0.15) is 5.49 Å². The number of H-pyrrole nitrogens is 1. The highest BCUT2D eigenvalue weighted by molar-refractivity contribution is 7.99. The Bertz CT molecular complexity index is 1410. The van der Waals surface area contributed by atoms with Crippen molar-refractivity contribution < 1.29 is 4.79 Å². The van der Waals surface area contributed by atoms with Crippen LogP contribution in [0.5, 0.6) is 0 Å². The molecule has 32 heavy (non-hydrogen) atoms. The molecule has 2 heterocycles. The molecule has 0 saturated heterocycles. The van der Waals surface area contributed by atoms with Crippen LogP contribution in [0.3, 0.4) is 0 Å². The highest BCUT2D eigenvalue weighted by Gasteiger charge is 2.18. The molecule has 0 aliphatic carbocycles. The molecule has 0 fully saturated rings. The number of hydrogen-bond acceptors (Lipinski definition) is 5. The van der Waals surface area contributed by atoms with Crippen molar-refractivity contribution in [1.29, 1.82) is 5.41 Å². The van der Waals surface area contributed by atoms with Crippen LogP contribution in [-0.2, 0) is 4.79 Å². The fourth-order valence-electron chi connectivity index (χ4n) is 3.35. The molecule has 0 unspecified atom stereocenters. The number of anilines is 1. The summed E-state index contributed by atoms with van der Waals surface area (Å²) in [6.07, 6.45) is 0. The number of aromatic nitrogens is 4. The molecule has 0 radical (unpaired) electrons. The van der Waals surface area contributed by atoms with E-state index in [1.807, 2.05) is 32.9 Å². The molecule has 3 N–H and O–H groups in total. The van der Waals surface area contributed by atoms with E-state index in [-0.39, 0.29) is 17.1 Å². The molecular weight excluding hydrogens is 467 g/mol. The molecule has 10 heteroatoms. The lowest BCUT2D eigenvalue weighted by Crippen LogP contribution is -2.24. The van der Waals surface area contributed by atoms with Crippen molar-refractivity contribution in [3.05, 3.63) is 68.8 Å². The molecule has 0 aliphatic rings. The summed E-state index contributed by atoms with van der Waals surface area (Å²) in [6, 6.07) is 10.9. The average molecular weight is 487 g/mol. The number of nitrogens with zero attached hydrogens (tertiary/aromatic N) is 3. The van der Waals surface area contributed by atoms with Gasteiger partial charge in [-0.1, -0.05) is 47.1 Å². The van der Waals surface area contributed by atoms with Gasteiger partial charge in [-0.25, -0.2) is 4.98 Å². The third kappa shape index (κ3) is 4.13. The molecule has 4 rings (SSSR count). The fraction of sp³-hybridized carbons (Fsp3) is 0.182. The fourth-order valence-corrected chi connectivity index (χ4v) is 4.49. The Labute approximate surface area is 198 Å². The number of carbonyl (C=O) groups excluding carboxylic acids is 1. The molecule has 7 nitrogen and oxygen atoms in total. The minimum absolute atomic E-state index is 0.0902. The first kappa shape index (κ1) is 22.4. The van der Waals surface area contributed by atoms with Gasteiger partial charge >= 0.3 is 0 Å². The van der Waals surface area contributed by atoms with Crippen molar-refractivity contribution >= 4 is 57.6 Å². The van der Waals surface area contributed by atoms with Crippen LogP contribution in [0, 0.1) is 26.2 Å². The second kappa shape index (κ2) is 8.97. The van der Waals surface area contributed by atoms with Gasteiger partial charge in [-0.05, 0) is 56.2 Å². The maximum atomic E-state index is 12.7. The van der Waals surface area contributed by atoms with Crippen molar-refractivity contribution in [2.45, 2.75) is 25.9 Å². The summed E-state index contributed by atoms with van der Waals surface area (Å²) in [4.78, 5) is 17.3. The van der Waals surface area contributed by atoms with Crippen molar-refractivity contribution in [3.8, 4) is 5.69 Å². The minimum atomic E-state index is -0.207. The largest absolute Gasteiger partial charge is 0.325 e. The molecule has 0 saturated carbocycles. The van der Waals surface area contributed by atoms with Crippen LogP contribution in [-0.4, -0.2) is 31.4 Å². The average Bonchev–Trinajstić information content (AvgIpc) is 3.13. The lowest BCUT2D eigenvalue weighted by Gasteiger charge is -2.16. The zero-order valence-electron chi connectivity index (χ0n) is 17.6. The van der Waals surface area contributed by atoms with E-state index in [0.717, 1.165) is 22.5 Å². The SMILES string of the molecule is Cc1c(Cl)cccc1NC(=O)CSc1nc2n[nH]c(C)c2c(=N)n1-c1cccc(Cl)c1C. The monoisotopic (exact) mass is 486 g/mol. The number of thioether (sulfide) groups is 1. The number of rotatable bonds is 5. The quantitative estimate of drug-likeness (QED) is 0.267. The van der Waals surface area contributed by atoms with Crippen LogP contribution in [0.25, 0.3) is 16.7 Å². The third-order valence-electron chi connectivity index (χ3n) is 5.14. The maximum Gasteiger partial charge on any atom is 0.234 e. The molecule has 164 valence electrons. The molecule has 0 atom stereocenters. The summed E-state index contributed by atoms with van der Waals surface area (Å²) >= 11 is 13.7. The Hall–Kier alpha value is -2.81. The number of hydrogen-bond donors (Lipinski definition) is 3. The number of carbonyl (C=O) groups is 1. The van der Waals surface area contributed by atoms with Gasteiger partial charge < -0.3 is 5.32 Å². The predicted octanol–water partition coefficient (Wildman–Crippen LogP) is 5.19. The topological polar surface area (TPSA) is 99.5 Å². The lowest BCUT2D eigenvalue weighted by molar-refractivity contribution is -0.113. The molecule has 0 bridgehead atoms. The molecule has 0 spiro atoms. The van der Waals surface area contributed by atoms with Crippen molar-refractivity contribution in [1.82, 2.24) is 19.7 Å². The highest BCUT2D eigenvalue weighted by Crippen LogP contribution is 2.27. The summed E-state index contributed by atoms with van der Waals surface area (Å²) in [5.74, 6) is -0.117. The van der Waals surface area contributed by atoms with Crippen molar-refractivity contribution in [2.75, 3.05) is 11.1 Å². The van der Waals surface area contributed by atoms with Gasteiger partial charge in [-0.3, -0.25) is 19.9 Å². The Morgan fingerprint density at radius 1 is 1.12 bits per heavy atom. The number of benzene rings is 2. The van der Waals surface area contributed by atoms with E-state index in [9.17, 15) is 4.79 Å². The van der Waals surface area contributed by atoms with Crippen molar-refractivity contribution in [2.24, 2.45) is 0 Å². The Kier molecular flexibility index (Phi) is 6.28. The molecule has 0 aliphatic heterocycles. The standard InChI is InChI=1S/C22H20Cl2N6OS/c1-11-14(23)6-4-8-16(11)26-18(31)10-32-22-27-21-19(13(3)28-29-21)20(25)30(22)17-9-5-7-15(24)12(17)2/h4-9,25H,10H2,1-3H3,(H,26,31)(H,28,29). The number of aromatic amines is 1. The highest BCUT2D eigenvalue weighted by atomic mass is 35.5. The third-order valence-corrected chi connectivity index (χ3v) is 6.89. The molecule has 1 amide bonds. The molecule has 2 aromatic heterocycles. The van der Waals surface area contributed by atoms with Crippen LogP contribution in [0.1, 0.15) is 16.8 Å². The van der Waals surface area contributed by atoms with Crippen LogP contribution >= 0.6 is 35.0 Å². The van der Waals surface area contributed by atoms with Gasteiger partial charge in [0.05, 0.1) is 16.8 Å². The van der Waals surface area contributed by atoms with Gasteiger partial charge in [0, 0.05) is 21.4 Å². The number of aryl methyl sites for hydroxylation is 1. The number of fused-ring (bicyclic) bond motifs is 1. The van der Waals surface area contributed by atoms with Crippen LogP contribution in [0.15, 0.2) is 41.6 Å².